The van der Waals surface area contributed by atoms with Crippen molar-refractivity contribution in [1.82, 2.24) is 14.1 Å². The standard InChI is InChI=1S/C21H14Cl3N3O2/c22-15-6-3-13(4-7-15)11-27-20(28)19-18(2-1-9-25-19)26(21(27)29)12-14-5-8-16(23)10-17(14)24/h1-10H,11-12H2. The molecule has 29 heavy (non-hydrogen) atoms. The SMILES string of the molecule is O=c1c2ncccc2n(Cc2ccc(Cl)cc2Cl)c(=O)n1Cc1ccc(Cl)cc1. The summed E-state index contributed by atoms with van der Waals surface area (Å²) in [5.74, 6) is 0. The first-order chi connectivity index (χ1) is 13.9. The molecule has 0 saturated heterocycles. The Hall–Kier alpha value is -2.60. The topological polar surface area (TPSA) is 56.9 Å². The largest absolute Gasteiger partial charge is 0.332 e. The zero-order valence-corrected chi connectivity index (χ0v) is 17.2. The lowest BCUT2D eigenvalue weighted by atomic mass is 10.2. The molecule has 0 radical (unpaired) electrons. The molecular weight excluding hydrogens is 433 g/mol. The summed E-state index contributed by atoms with van der Waals surface area (Å²) in [5.41, 5.74) is 1.25. The van der Waals surface area contributed by atoms with E-state index in [4.69, 9.17) is 34.8 Å². The van der Waals surface area contributed by atoms with Gasteiger partial charge in [-0.05, 0) is 47.5 Å². The van der Waals surface area contributed by atoms with E-state index in [1.165, 1.54) is 15.3 Å². The minimum Gasteiger partial charge on any atom is -0.287 e. The van der Waals surface area contributed by atoms with E-state index in [1.807, 2.05) is 0 Å². The average Bonchev–Trinajstić information content (AvgIpc) is 2.71. The van der Waals surface area contributed by atoms with Crippen molar-refractivity contribution < 1.29 is 0 Å². The number of fused-ring (bicyclic) bond motifs is 1. The van der Waals surface area contributed by atoms with Gasteiger partial charge in [0.1, 0.15) is 0 Å². The number of hydrogen-bond acceptors (Lipinski definition) is 3. The molecule has 2 aromatic heterocycles. The van der Waals surface area contributed by atoms with Crippen LogP contribution in [0.15, 0.2) is 70.4 Å². The summed E-state index contributed by atoms with van der Waals surface area (Å²) in [5, 5.41) is 1.53. The van der Waals surface area contributed by atoms with Crippen LogP contribution in [0.25, 0.3) is 11.0 Å². The third-order valence-electron chi connectivity index (χ3n) is 4.58. The van der Waals surface area contributed by atoms with E-state index in [-0.39, 0.29) is 18.6 Å². The molecule has 0 fully saturated rings. The van der Waals surface area contributed by atoms with Crippen LogP contribution in [0.1, 0.15) is 11.1 Å². The second-order valence-electron chi connectivity index (χ2n) is 6.49. The van der Waals surface area contributed by atoms with Crippen molar-refractivity contribution in [2.75, 3.05) is 0 Å². The van der Waals surface area contributed by atoms with Gasteiger partial charge in [0.2, 0.25) is 0 Å². The molecule has 0 saturated carbocycles. The number of aromatic nitrogens is 3. The Morgan fingerprint density at radius 1 is 0.828 bits per heavy atom. The lowest BCUT2D eigenvalue weighted by Gasteiger charge is -2.14. The molecule has 8 heteroatoms. The Balaban J connectivity index is 1.90. The van der Waals surface area contributed by atoms with Gasteiger partial charge in [-0.3, -0.25) is 13.9 Å². The lowest BCUT2D eigenvalue weighted by Crippen LogP contribution is -2.40. The normalized spacial score (nSPS) is 11.1. The average molecular weight is 447 g/mol. The Bertz CT molecular complexity index is 1330. The van der Waals surface area contributed by atoms with Gasteiger partial charge in [0.15, 0.2) is 5.52 Å². The molecule has 0 spiro atoms. The summed E-state index contributed by atoms with van der Waals surface area (Å²) in [4.78, 5) is 30.4. The van der Waals surface area contributed by atoms with Gasteiger partial charge >= 0.3 is 5.69 Å². The van der Waals surface area contributed by atoms with Crippen molar-refractivity contribution in [2.45, 2.75) is 13.1 Å². The fourth-order valence-corrected chi connectivity index (χ4v) is 3.72. The zero-order chi connectivity index (χ0) is 20.5. The fraction of sp³-hybridized carbons (Fsp3) is 0.0952. The van der Waals surface area contributed by atoms with E-state index in [9.17, 15) is 9.59 Å². The van der Waals surface area contributed by atoms with Gasteiger partial charge < -0.3 is 0 Å². The van der Waals surface area contributed by atoms with Crippen LogP contribution in [0.4, 0.5) is 0 Å². The Labute approximate surface area is 180 Å². The highest BCUT2D eigenvalue weighted by molar-refractivity contribution is 6.35. The molecule has 5 nitrogen and oxygen atoms in total. The molecule has 146 valence electrons. The smallest absolute Gasteiger partial charge is 0.287 e. The Kier molecular flexibility index (Phi) is 5.46. The number of nitrogens with zero attached hydrogens (tertiary/aromatic N) is 3. The quantitative estimate of drug-likeness (QED) is 0.460. The predicted molar refractivity (Wildman–Crippen MR) is 116 cm³/mol. The van der Waals surface area contributed by atoms with Gasteiger partial charge in [-0.15, -0.1) is 0 Å². The van der Waals surface area contributed by atoms with Crippen LogP contribution >= 0.6 is 34.8 Å². The van der Waals surface area contributed by atoms with Crippen molar-refractivity contribution in [2.24, 2.45) is 0 Å². The summed E-state index contributed by atoms with van der Waals surface area (Å²) in [6.07, 6.45) is 1.53. The molecule has 2 aromatic carbocycles. The third kappa shape index (κ3) is 3.94. The summed E-state index contributed by atoms with van der Waals surface area (Å²) < 4.78 is 2.66. The van der Waals surface area contributed by atoms with Gasteiger partial charge in [0.25, 0.3) is 5.56 Å². The summed E-state index contributed by atoms with van der Waals surface area (Å²) in [6, 6.07) is 15.4. The van der Waals surface area contributed by atoms with Crippen molar-refractivity contribution in [3.8, 4) is 0 Å². The Morgan fingerprint density at radius 2 is 1.55 bits per heavy atom. The highest BCUT2D eigenvalue weighted by Gasteiger charge is 2.15. The van der Waals surface area contributed by atoms with Gasteiger partial charge in [-0.1, -0.05) is 53.0 Å². The first-order valence-electron chi connectivity index (χ1n) is 8.71. The Morgan fingerprint density at radius 3 is 2.28 bits per heavy atom. The van der Waals surface area contributed by atoms with Crippen molar-refractivity contribution >= 4 is 45.8 Å². The van der Waals surface area contributed by atoms with Gasteiger partial charge in [-0.25, -0.2) is 9.78 Å². The maximum Gasteiger partial charge on any atom is 0.332 e. The van der Waals surface area contributed by atoms with E-state index in [0.29, 0.717) is 26.1 Å². The summed E-state index contributed by atoms with van der Waals surface area (Å²) >= 11 is 18.2. The van der Waals surface area contributed by atoms with Gasteiger partial charge in [0, 0.05) is 21.3 Å². The number of halogens is 3. The molecular formula is C21H14Cl3N3O2. The van der Waals surface area contributed by atoms with E-state index >= 15 is 0 Å². The third-order valence-corrected chi connectivity index (χ3v) is 5.42. The number of rotatable bonds is 4. The fourth-order valence-electron chi connectivity index (χ4n) is 3.13. The van der Waals surface area contributed by atoms with Crippen LogP contribution in [0.2, 0.25) is 15.1 Å². The lowest BCUT2D eigenvalue weighted by molar-refractivity contribution is 0.633. The summed E-state index contributed by atoms with van der Waals surface area (Å²) in [6.45, 7) is 0.285. The van der Waals surface area contributed by atoms with Crippen LogP contribution in [-0.4, -0.2) is 14.1 Å². The summed E-state index contributed by atoms with van der Waals surface area (Å²) in [7, 11) is 0. The minimum absolute atomic E-state index is 0.107. The number of pyridine rings is 1. The molecule has 0 bridgehead atoms. The van der Waals surface area contributed by atoms with Crippen molar-refractivity contribution in [1.29, 1.82) is 0 Å². The first-order valence-corrected chi connectivity index (χ1v) is 9.84. The molecule has 0 aliphatic rings. The van der Waals surface area contributed by atoms with Gasteiger partial charge in [-0.2, -0.15) is 0 Å². The monoisotopic (exact) mass is 445 g/mol. The minimum atomic E-state index is -0.448. The maximum atomic E-state index is 13.3. The zero-order valence-electron chi connectivity index (χ0n) is 15.0. The molecule has 4 aromatic rings. The second kappa shape index (κ2) is 8.03. The van der Waals surface area contributed by atoms with Crippen LogP contribution in [0.3, 0.4) is 0 Å². The van der Waals surface area contributed by atoms with Crippen LogP contribution < -0.4 is 11.2 Å². The molecule has 4 rings (SSSR count). The molecule has 0 N–H and O–H groups in total. The first kappa shape index (κ1) is 19.7. The molecule has 0 aliphatic carbocycles. The van der Waals surface area contributed by atoms with Crippen molar-refractivity contribution in [3.63, 3.8) is 0 Å². The predicted octanol–water partition coefficient (Wildman–Crippen LogP) is 4.62. The second-order valence-corrected chi connectivity index (χ2v) is 7.77. The molecule has 2 heterocycles. The van der Waals surface area contributed by atoms with Crippen LogP contribution in [-0.2, 0) is 13.1 Å². The van der Waals surface area contributed by atoms with E-state index in [2.05, 4.69) is 4.98 Å². The maximum absolute atomic E-state index is 13.3. The van der Waals surface area contributed by atoms with E-state index < -0.39 is 11.2 Å². The van der Waals surface area contributed by atoms with Crippen molar-refractivity contribution in [3.05, 3.63) is 108 Å². The molecule has 0 amide bonds. The van der Waals surface area contributed by atoms with E-state index in [1.54, 1.807) is 54.6 Å². The van der Waals surface area contributed by atoms with Crippen LogP contribution in [0, 0.1) is 0 Å². The van der Waals surface area contributed by atoms with Gasteiger partial charge in [0.05, 0.1) is 18.6 Å². The number of benzene rings is 2. The highest BCUT2D eigenvalue weighted by atomic mass is 35.5. The number of hydrogen-bond donors (Lipinski definition) is 0. The molecule has 0 aliphatic heterocycles. The highest BCUT2D eigenvalue weighted by Crippen LogP contribution is 2.22. The molecule has 0 atom stereocenters. The molecule has 0 unspecified atom stereocenters. The van der Waals surface area contributed by atoms with E-state index in [0.717, 1.165) is 5.56 Å². The van der Waals surface area contributed by atoms with Crippen LogP contribution in [0.5, 0.6) is 0 Å².